The molecule has 0 amide bonds. The van der Waals surface area contributed by atoms with Crippen LogP contribution < -0.4 is 0 Å². The zero-order valence-electron chi connectivity index (χ0n) is 12.3. The normalized spacial score (nSPS) is 15.9. The average Bonchev–Trinajstić information content (AvgIpc) is 2.38. The molecule has 1 rings (SSSR count). The van der Waals surface area contributed by atoms with Gasteiger partial charge in [0.15, 0.2) is 0 Å². The minimum absolute atomic E-state index is 0.636. The van der Waals surface area contributed by atoms with Crippen molar-refractivity contribution in [1.29, 1.82) is 0 Å². The van der Waals surface area contributed by atoms with E-state index >= 15 is 0 Å². The van der Waals surface area contributed by atoms with E-state index in [1.165, 1.54) is 24.0 Å². The minimum Gasteiger partial charge on any atom is -0.497 e. The van der Waals surface area contributed by atoms with E-state index in [0.717, 1.165) is 12.2 Å². The number of rotatable bonds is 3. The summed E-state index contributed by atoms with van der Waals surface area (Å²) in [6.07, 6.45) is 10.1. The SMILES string of the molecule is CC=C(C)C.CCC(C)C1=CCCC=C1OC. The molecule has 0 saturated heterocycles. The molecule has 0 fully saturated rings. The van der Waals surface area contributed by atoms with Gasteiger partial charge in [-0.1, -0.05) is 31.6 Å². The van der Waals surface area contributed by atoms with Crippen molar-refractivity contribution >= 4 is 0 Å². The van der Waals surface area contributed by atoms with Gasteiger partial charge in [-0.25, -0.2) is 0 Å². The molecule has 0 radical (unpaired) electrons. The highest BCUT2D eigenvalue weighted by Crippen LogP contribution is 2.27. The Morgan fingerprint density at radius 2 is 1.88 bits per heavy atom. The summed E-state index contributed by atoms with van der Waals surface area (Å²) in [4.78, 5) is 0. The Morgan fingerprint density at radius 1 is 1.35 bits per heavy atom. The summed E-state index contributed by atoms with van der Waals surface area (Å²) < 4.78 is 5.32. The Balaban J connectivity index is 0.000000437. The van der Waals surface area contributed by atoms with Crippen molar-refractivity contribution in [2.24, 2.45) is 5.92 Å². The average molecular weight is 236 g/mol. The Bertz CT molecular complexity index is 291. The molecule has 1 unspecified atom stereocenters. The summed E-state index contributed by atoms with van der Waals surface area (Å²) in [6, 6.07) is 0. The van der Waals surface area contributed by atoms with Crippen LogP contribution in [-0.2, 0) is 4.74 Å². The van der Waals surface area contributed by atoms with Crippen molar-refractivity contribution in [3.63, 3.8) is 0 Å². The van der Waals surface area contributed by atoms with E-state index in [9.17, 15) is 0 Å². The predicted molar refractivity (Wildman–Crippen MR) is 77.0 cm³/mol. The highest BCUT2D eigenvalue weighted by Gasteiger charge is 2.14. The number of hydrogen-bond acceptors (Lipinski definition) is 1. The summed E-state index contributed by atoms with van der Waals surface area (Å²) in [6.45, 7) is 10.7. The third kappa shape index (κ3) is 6.35. The van der Waals surface area contributed by atoms with Gasteiger partial charge in [0.05, 0.1) is 7.11 Å². The smallest absolute Gasteiger partial charge is 0.118 e. The molecule has 0 bridgehead atoms. The molecule has 1 aliphatic carbocycles. The van der Waals surface area contributed by atoms with Gasteiger partial charge in [-0.05, 0) is 57.6 Å². The Hall–Kier alpha value is -0.980. The fourth-order valence-corrected chi connectivity index (χ4v) is 1.54. The zero-order chi connectivity index (χ0) is 13.3. The zero-order valence-corrected chi connectivity index (χ0v) is 12.3. The molecule has 0 aromatic rings. The molecule has 1 heteroatoms. The van der Waals surface area contributed by atoms with Crippen molar-refractivity contribution in [3.05, 3.63) is 35.1 Å². The lowest BCUT2D eigenvalue weighted by atomic mass is 9.92. The maximum atomic E-state index is 5.32. The molecular weight excluding hydrogens is 208 g/mol. The summed E-state index contributed by atoms with van der Waals surface area (Å²) in [5.41, 5.74) is 2.77. The van der Waals surface area contributed by atoms with Crippen LogP contribution in [0.2, 0.25) is 0 Å². The second kappa shape index (κ2) is 9.09. The quantitative estimate of drug-likeness (QED) is 0.608. The van der Waals surface area contributed by atoms with Crippen molar-refractivity contribution in [1.82, 2.24) is 0 Å². The first-order valence-electron chi connectivity index (χ1n) is 6.60. The van der Waals surface area contributed by atoms with E-state index < -0.39 is 0 Å². The van der Waals surface area contributed by atoms with Gasteiger partial charge in [0, 0.05) is 0 Å². The van der Waals surface area contributed by atoms with Crippen LogP contribution in [0.1, 0.15) is 53.9 Å². The van der Waals surface area contributed by atoms with Crippen molar-refractivity contribution in [2.45, 2.75) is 53.9 Å². The van der Waals surface area contributed by atoms with Crippen molar-refractivity contribution in [3.8, 4) is 0 Å². The summed E-state index contributed by atoms with van der Waals surface area (Å²) in [7, 11) is 1.76. The Labute approximate surface area is 107 Å². The monoisotopic (exact) mass is 236 g/mol. The van der Waals surface area contributed by atoms with Crippen LogP contribution in [-0.4, -0.2) is 7.11 Å². The van der Waals surface area contributed by atoms with Gasteiger partial charge in [-0.2, -0.15) is 0 Å². The lowest BCUT2D eigenvalue weighted by molar-refractivity contribution is 0.288. The van der Waals surface area contributed by atoms with Crippen LogP contribution in [0.25, 0.3) is 0 Å². The molecule has 0 heterocycles. The van der Waals surface area contributed by atoms with Crippen molar-refractivity contribution < 1.29 is 4.74 Å². The molecule has 17 heavy (non-hydrogen) atoms. The highest BCUT2D eigenvalue weighted by atomic mass is 16.5. The van der Waals surface area contributed by atoms with E-state index in [4.69, 9.17) is 4.74 Å². The van der Waals surface area contributed by atoms with E-state index in [0.29, 0.717) is 5.92 Å². The summed E-state index contributed by atoms with van der Waals surface area (Å²) in [5, 5.41) is 0. The minimum atomic E-state index is 0.636. The van der Waals surface area contributed by atoms with Gasteiger partial charge in [0.25, 0.3) is 0 Å². The molecule has 0 aromatic heterocycles. The standard InChI is InChI=1S/C11H18O.C5H10/c1-4-9(2)10-7-5-6-8-11(10)12-3;1-4-5(2)3/h7-9H,4-6H2,1-3H3;4H,1-3H3. The molecule has 1 nitrogen and oxygen atoms in total. The van der Waals surface area contributed by atoms with Crippen LogP contribution in [0.3, 0.4) is 0 Å². The summed E-state index contributed by atoms with van der Waals surface area (Å²) >= 11 is 0. The van der Waals surface area contributed by atoms with Gasteiger partial charge in [-0.3, -0.25) is 0 Å². The lowest BCUT2D eigenvalue weighted by Gasteiger charge is -2.19. The van der Waals surface area contributed by atoms with Crippen LogP contribution in [0.4, 0.5) is 0 Å². The Morgan fingerprint density at radius 3 is 2.29 bits per heavy atom. The first-order valence-corrected chi connectivity index (χ1v) is 6.60. The second-order valence-corrected chi connectivity index (χ2v) is 4.68. The van der Waals surface area contributed by atoms with Gasteiger partial charge in [0.2, 0.25) is 0 Å². The third-order valence-corrected chi connectivity index (χ3v) is 3.09. The predicted octanol–water partition coefficient (Wildman–Crippen LogP) is 5.26. The fourth-order valence-electron chi connectivity index (χ4n) is 1.54. The van der Waals surface area contributed by atoms with E-state index in [-0.39, 0.29) is 0 Å². The van der Waals surface area contributed by atoms with Gasteiger partial charge < -0.3 is 4.74 Å². The number of ether oxygens (including phenoxy) is 1. The fraction of sp³-hybridized carbons (Fsp3) is 0.625. The van der Waals surface area contributed by atoms with Gasteiger partial charge in [-0.15, -0.1) is 0 Å². The maximum Gasteiger partial charge on any atom is 0.118 e. The first-order chi connectivity index (χ1) is 8.06. The second-order valence-electron chi connectivity index (χ2n) is 4.68. The van der Waals surface area contributed by atoms with Crippen LogP contribution >= 0.6 is 0 Å². The number of methoxy groups -OCH3 is 1. The third-order valence-electron chi connectivity index (χ3n) is 3.09. The molecule has 98 valence electrons. The number of allylic oxidation sites excluding steroid dienone is 5. The molecule has 1 atom stereocenters. The van der Waals surface area contributed by atoms with Crippen molar-refractivity contribution in [2.75, 3.05) is 7.11 Å². The Kier molecular flexibility index (Phi) is 8.57. The van der Waals surface area contributed by atoms with Crippen LogP contribution in [0.15, 0.2) is 35.1 Å². The molecule has 0 spiro atoms. The largest absolute Gasteiger partial charge is 0.497 e. The molecule has 0 aliphatic heterocycles. The lowest BCUT2D eigenvalue weighted by Crippen LogP contribution is -2.05. The van der Waals surface area contributed by atoms with Crippen LogP contribution in [0.5, 0.6) is 0 Å². The van der Waals surface area contributed by atoms with Gasteiger partial charge >= 0.3 is 0 Å². The van der Waals surface area contributed by atoms with E-state index in [1.807, 2.05) is 6.92 Å². The van der Waals surface area contributed by atoms with Gasteiger partial charge in [0.1, 0.15) is 5.76 Å². The molecule has 0 N–H and O–H groups in total. The highest BCUT2D eigenvalue weighted by molar-refractivity contribution is 5.30. The molecule has 1 aliphatic rings. The maximum absolute atomic E-state index is 5.32. The number of hydrogen-bond donors (Lipinski definition) is 0. The molecular formula is C16H28O. The molecule has 0 saturated carbocycles. The van der Waals surface area contributed by atoms with Crippen LogP contribution in [0, 0.1) is 5.92 Å². The van der Waals surface area contributed by atoms with E-state index in [2.05, 4.69) is 45.9 Å². The summed E-state index contributed by atoms with van der Waals surface area (Å²) in [5.74, 6) is 1.73. The topological polar surface area (TPSA) is 9.23 Å². The van der Waals surface area contributed by atoms with E-state index in [1.54, 1.807) is 7.11 Å². The molecule has 0 aromatic carbocycles. The first kappa shape index (κ1) is 16.0.